The second-order valence-corrected chi connectivity index (χ2v) is 8.61. The molecule has 4 heterocycles. The van der Waals surface area contributed by atoms with E-state index in [2.05, 4.69) is 30.7 Å². The van der Waals surface area contributed by atoms with Gasteiger partial charge in [-0.15, -0.1) is 11.3 Å². The molecule has 26 heavy (non-hydrogen) atoms. The number of ether oxygens (including phenoxy) is 1. The number of thiophene rings is 1. The fourth-order valence-electron chi connectivity index (χ4n) is 4.00. The molecule has 2 saturated heterocycles. The summed E-state index contributed by atoms with van der Waals surface area (Å²) >= 11 is 1.82. The zero-order chi connectivity index (χ0) is 17.5. The van der Waals surface area contributed by atoms with Crippen LogP contribution in [0.2, 0.25) is 0 Å². The highest BCUT2D eigenvalue weighted by Gasteiger charge is 2.31. The number of nitrogens with zero attached hydrogens (tertiary/aromatic N) is 5. The number of hydrogen-bond acceptors (Lipinski definition) is 8. The molecule has 0 radical (unpaired) electrons. The van der Waals surface area contributed by atoms with Gasteiger partial charge in [-0.2, -0.15) is 4.98 Å². The minimum atomic E-state index is 0.362. The first-order valence-electron chi connectivity index (χ1n) is 9.61. The third kappa shape index (κ3) is 3.38. The summed E-state index contributed by atoms with van der Waals surface area (Å²) in [5, 5.41) is 0. The smallest absolute Gasteiger partial charge is 0.222 e. The number of anilines is 2. The Bertz CT molecular complexity index is 777. The maximum atomic E-state index is 5.98. The van der Waals surface area contributed by atoms with Crippen LogP contribution in [0.4, 0.5) is 11.8 Å². The molecule has 2 aromatic heterocycles. The maximum Gasteiger partial charge on any atom is 0.222 e. The third-order valence-electron chi connectivity index (χ3n) is 5.58. The Morgan fingerprint density at radius 3 is 2.58 bits per heavy atom. The molecule has 140 valence electrons. The number of nitrogen functional groups attached to an aromatic ring is 1. The van der Waals surface area contributed by atoms with E-state index in [1.165, 1.54) is 30.8 Å². The van der Waals surface area contributed by atoms with Crippen molar-refractivity contribution < 1.29 is 4.74 Å². The zero-order valence-electron chi connectivity index (χ0n) is 15.1. The fraction of sp³-hybridized carbons (Fsp3) is 0.667. The predicted molar refractivity (Wildman–Crippen MR) is 105 cm³/mol. The predicted octanol–water partition coefficient (Wildman–Crippen LogP) is 1.39. The van der Waals surface area contributed by atoms with Gasteiger partial charge in [-0.3, -0.25) is 9.80 Å². The molecule has 2 N–H and O–H groups in total. The van der Waals surface area contributed by atoms with Crippen LogP contribution in [0.5, 0.6) is 0 Å². The van der Waals surface area contributed by atoms with Crippen LogP contribution < -0.4 is 10.6 Å². The van der Waals surface area contributed by atoms with E-state index >= 15 is 0 Å². The van der Waals surface area contributed by atoms with Crippen LogP contribution in [0.25, 0.3) is 10.2 Å². The van der Waals surface area contributed by atoms with Gasteiger partial charge in [0.25, 0.3) is 0 Å². The van der Waals surface area contributed by atoms with Crippen molar-refractivity contribution in [2.45, 2.75) is 25.4 Å². The molecule has 8 heteroatoms. The molecule has 0 unspecified atom stereocenters. The summed E-state index contributed by atoms with van der Waals surface area (Å²) in [5.41, 5.74) is 6.96. The summed E-state index contributed by atoms with van der Waals surface area (Å²) in [6.45, 7) is 8.96. The average Bonchev–Trinajstić information content (AvgIpc) is 3.43. The Kier molecular flexibility index (Phi) is 4.44. The number of nitrogens with two attached hydrogens (primary N) is 1. The summed E-state index contributed by atoms with van der Waals surface area (Å²) in [6, 6.07) is 3.09. The third-order valence-corrected chi connectivity index (χ3v) is 6.69. The molecular weight excluding hydrogens is 348 g/mol. The van der Waals surface area contributed by atoms with Crippen LogP contribution in [0.3, 0.4) is 0 Å². The molecule has 1 saturated carbocycles. The van der Waals surface area contributed by atoms with Gasteiger partial charge in [-0.1, -0.05) is 0 Å². The molecule has 7 nitrogen and oxygen atoms in total. The van der Waals surface area contributed by atoms with Crippen LogP contribution in [0.15, 0.2) is 6.07 Å². The van der Waals surface area contributed by atoms with Crippen LogP contribution >= 0.6 is 11.3 Å². The molecule has 2 aromatic rings. The number of fused-ring (bicyclic) bond motifs is 1. The van der Waals surface area contributed by atoms with Gasteiger partial charge in [0.15, 0.2) is 5.82 Å². The molecule has 1 aliphatic carbocycles. The maximum absolute atomic E-state index is 5.98. The van der Waals surface area contributed by atoms with E-state index in [-0.39, 0.29) is 0 Å². The number of hydrogen-bond donors (Lipinski definition) is 1. The minimum absolute atomic E-state index is 0.362. The molecule has 5 rings (SSSR count). The average molecular weight is 375 g/mol. The Balaban J connectivity index is 1.34. The molecule has 2 aliphatic heterocycles. The van der Waals surface area contributed by atoms with Crippen molar-refractivity contribution in [3.05, 3.63) is 10.9 Å². The van der Waals surface area contributed by atoms with Gasteiger partial charge in [0.05, 0.1) is 23.4 Å². The van der Waals surface area contributed by atoms with Gasteiger partial charge >= 0.3 is 0 Å². The highest BCUT2D eigenvalue weighted by atomic mass is 32.1. The van der Waals surface area contributed by atoms with E-state index in [9.17, 15) is 0 Å². The Labute approximate surface area is 157 Å². The Morgan fingerprint density at radius 2 is 1.85 bits per heavy atom. The minimum Gasteiger partial charge on any atom is -0.378 e. The van der Waals surface area contributed by atoms with Crippen molar-refractivity contribution in [3.8, 4) is 0 Å². The van der Waals surface area contributed by atoms with Crippen molar-refractivity contribution in [3.63, 3.8) is 0 Å². The molecule has 0 aromatic carbocycles. The van der Waals surface area contributed by atoms with E-state index in [1.807, 2.05) is 11.3 Å². The van der Waals surface area contributed by atoms with E-state index in [0.717, 1.165) is 68.0 Å². The second kappa shape index (κ2) is 6.92. The quantitative estimate of drug-likeness (QED) is 0.867. The molecule has 0 spiro atoms. The number of piperazine rings is 1. The summed E-state index contributed by atoms with van der Waals surface area (Å²) in [4.78, 5) is 17.9. The van der Waals surface area contributed by atoms with E-state index in [1.54, 1.807) is 0 Å². The first-order valence-corrected chi connectivity index (χ1v) is 10.4. The van der Waals surface area contributed by atoms with E-state index in [0.29, 0.717) is 5.95 Å². The lowest BCUT2D eigenvalue weighted by Crippen LogP contribution is -2.46. The van der Waals surface area contributed by atoms with Crippen LogP contribution in [-0.2, 0) is 11.3 Å². The zero-order valence-corrected chi connectivity index (χ0v) is 15.9. The van der Waals surface area contributed by atoms with Gasteiger partial charge in [0, 0.05) is 56.7 Å². The van der Waals surface area contributed by atoms with Crippen LogP contribution in [0.1, 0.15) is 17.7 Å². The van der Waals surface area contributed by atoms with Crippen LogP contribution in [0, 0.1) is 0 Å². The second-order valence-electron chi connectivity index (χ2n) is 7.48. The number of aromatic nitrogens is 2. The monoisotopic (exact) mass is 374 g/mol. The van der Waals surface area contributed by atoms with Gasteiger partial charge < -0.3 is 15.4 Å². The summed E-state index contributed by atoms with van der Waals surface area (Å²) < 4.78 is 6.64. The summed E-state index contributed by atoms with van der Waals surface area (Å²) in [5.74, 6) is 1.34. The lowest BCUT2D eigenvalue weighted by Gasteiger charge is -2.34. The van der Waals surface area contributed by atoms with Crippen LogP contribution in [-0.4, -0.2) is 78.3 Å². The first-order chi connectivity index (χ1) is 12.8. The largest absolute Gasteiger partial charge is 0.378 e. The molecule has 0 amide bonds. The summed E-state index contributed by atoms with van der Waals surface area (Å²) in [7, 11) is 0. The molecular formula is C18H26N6OS. The highest BCUT2D eigenvalue weighted by molar-refractivity contribution is 7.19. The van der Waals surface area contributed by atoms with E-state index < -0.39 is 0 Å². The SMILES string of the molecule is Nc1nc(N2CCOCC2)c2sc(CN3CCN(C4CC4)CC3)cc2n1. The van der Waals surface area contributed by atoms with Gasteiger partial charge in [-0.25, -0.2) is 4.98 Å². The lowest BCUT2D eigenvalue weighted by molar-refractivity contribution is 0.122. The fourth-order valence-corrected chi connectivity index (χ4v) is 5.15. The van der Waals surface area contributed by atoms with Gasteiger partial charge in [0.1, 0.15) is 0 Å². The van der Waals surface area contributed by atoms with Crippen molar-refractivity contribution >= 4 is 33.3 Å². The molecule has 3 fully saturated rings. The van der Waals surface area contributed by atoms with Crippen molar-refractivity contribution in [2.24, 2.45) is 0 Å². The Morgan fingerprint density at radius 1 is 1.08 bits per heavy atom. The van der Waals surface area contributed by atoms with Gasteiger partial charge in [-0.05, 0) is 18.9 Å². The normalized spacial score (nSPS) is 23.0. The standard InChI is InChI=1S/C18H26N6OS/c19-18-20-15-11-14(12-22-3-5-23(6-4-22)13-1-2-13)26-16(15)17(21-18)24-7-9-25-10-8-24/h11,13H,1-10,12H2,(H2,19,20,21). The highest BCUT2D eigenvalue weighted by Crippen LogP contribution is 2.34. The molecule has 0 atom stereocenters. The number of morpholine rings is 1. The number of rotatable bonds is 4. The Hall–Kier alpha value is -1.48. The van der Waals surface area contributed by atoms with Gasteiger partial charge in [0.2, 0.25) is 5.95 Å². The summed E-state index contributed by atoms with van der Waals surface area (Å²) in [6.07, 6.45) is 2.81. The molecule has 3 aliphatic rings. The van der Waals surface area contributed by atoms with E-state index in [4.69, 9.17) is 10.5 Å². The topological polar surface area (TPSA) is 70.8 Å². The molecule has 0 bridgehead atoms. The lowest BCUT2D eigenvalue weighted by atomic mass is 10.3. The first kappa shape index (κ1) is 16.7. The van der Waals surface area contributed by atoms with Crippen molar-refractivity contribution in [1.29, 1.82) is 0 Å². The van der Waals surface area contributed by atoms with Crippen molar-refractivity contribution in [1.82, 2.24) is 19.8 Å². The van der Waals surface area contributed by atoms with Crippen molar-refractivity contribution in [2.75, 3.05) is 63.1 Å².